The maximum absolute atomic E-state index is 4.99. The van der Waals surface area contributed by atoms with E-state index < -0.39 is 0 Å². The molecule has 7 heteroatoms. The minimum Gasteiger partial charge on any atom is -0.357 e. The molecule has 1 aliphatic rings. The topological polar surface area (TPSA) is 71.6 Å². The van der Waals surface area contributed by atoms with Crippen LogP contribution in [0.1, 0.15) is 70.0 Å². The van der Waals surface area contributed by atoms with Gasteiger partial charge in [0, 0.05) is 24.1 Å². The summed E-state index contributed by atoms with van der Waals surface area (Å²) < 4.78 is 1.86. The van der Waals surface area contributed by atoms with Gasteiger partial charge in [-0.3, -0.25) is 0 Å². The summed E-state index contributed by atoms with van der Waals surface area (Å²) in [7, 11) is 0. The third-order valence-electron chi connectivity index (χ3n) is 6.17. The Balaban J connectivity index is 1.77. The van der Waals surface area contributed by atoms with E-state index in [4.69, 9.17) is 15.1 Å². The number of hydrogen-bond acceptors (Lipinski definition) is 6. The van der Waals surface area contributed by atoms with Gasteiger partial charge in [-0.2, -0.15) is 9.78 Å². The molecule has 0 bridgehead atoms. The number of aryl methyl sites for hydroxylation is 3. The molecule has 1 aliphatic heterocycles. The molecule has 1 aromatic carbocycles. The first kappa shape index (κ1) is 24.8. The van der Waals surface area contributed by atoms with Crippen molar-refractivity contribution in [1.82, 2.24) is 19.9 Å². The van der Waals surface area contributed by atoms with E-state index in [9.17, 15) is 0 Å². The van der Waals surface area contributed by atoms with Crippen LogP contribution in [-0.2, 0) is 0 Å². The Morgan fingerprint density at radius 1 is 0.914 bits per heavy atom. The fraction of sp³-hybridized carbons (Fsp3) is 0.464. The number of aliphatic imine (C=N–C) groups is 1. The zero-order valence-electron chi connectivity index (χ0n) is 22.3. The van der Waals surface area contributed by atoms with Crippen LogP contribution in [0, 0.1) is 26.2 Å². The molecule has 0 N–H and O–H groups in total. The summed E-state index contributed by atoms with van der Waals surface area (Å²) in [5, 5.41) is 14.1. The molecule has 0 spiro atoms. The van der Waals surface area contributed by atoms with Crippen LogP contribution < -0.4 is 4.90 Å². The molecular weight excluding hydrogens is 434 g/mol. The molecular formula is C28H37N7. The second kappa shape index (κ2) is 9.72. The van der Waals surface area contributed by atoms with Gasteiger partial charge in [0.15, 0.2) is 5.82 Å². The lowest BCUT2D eigenvalue weighted by atomic mass is 9.87. The average molecular weight is 472 g/mol. The van der Waals surface area contributed by atoms with Gasteiger partial charge in [0.1, 0.15) is 11.5 Å². The van der Waals surface area contributed by atoms with Gasteiger partial charge in [-0.1, -0.05) is 52.3 Å². The number of anilines is 1. The summed E-state index contributed by atoms with van der Waals surface area (Å²) >= 11 is 0. The van der Waals surface area contributed by atoms with E-state index in [0.29, 0.717) is 5.82 Å². The number of hydrogen-bond donors (Lipinski definition) is 0. The standard InChI is InChI=1S/C28H37N7/c1-9-13-34(14-10-2)22-12-11-21(17-29-22)30-24-25(28(6,7)8)33-35-26(31-32-27(24)35)23-19(4)15-18(3)16-20(23)5/h11-12,15-17H,9-10,13-14H2,1-8H3. The molecule has 0 saturated heterocycles. The predicted octanol–water partition coefficient (Wildman–Crippen LogP) is 6.28. The van der Waals surface area contributed by atoms with Crippen molar-refractivity contribution >= 4 is 22.9 Å². The monoisotopic (exact) mass is 471 g/mol. The van der Waals surface area contributed by atoms with Crippen LogP contribution in [0.2, 0.25) is 0 Å². The van der Waals surface area contributed by atoms with Gasteiger partial charge in [0.2, 0.25) is 5.82 Å². The highest BCUT2D eigenvalue weighted by Crippen LogP contribution is 2.33. The summed E-state index contributed by atoms with van der Waals surface area (Å²) in [5.74, 6) is 2.42. The molecule has 3 aromatic rings. The first-order chi connectivity index (χ1) is 16.6. The van der Waals surface area contributed by atoms with E-state index in [0.717, 1.165) is 60.2 Å². The molecule has 4 rings (SSSR count). The Morgan fingerprint density at radius 3 is 2.09 bits per heavy atom. The van der Waals surface area contributed by atoms with E-state index in [1.165, 1.54) is 16.7 Å². The number of benzene rings is 1. The van der Waals surface area contributed by atoms with Crippen molar-refractivity contribution in [1.29, 1.82) is 0 Å². The van der Waals surface area contributed by atoms with E-state index >= 15 is 0 Å². The van der Waals surface area contributed by atoms with Gasteiger partial charge in [-0.25, -0.2) is 9.98 Å². The first-order valence-corrected chi connectivity index (χ1v) is 12.6. The maximum atomic E-state index is 4.99. The molecule has 0 aliphatic carbocycles. The smallest absolute Gasteiger partial charge is 0.205 e. The predicted molar refractivity (Wildman–Crippen MR) is 145 cm³/mol. The van der Waals surface area contributed by atoms with Crippen molar-refractivity contribution in [3.05, 3.63) is 53.0 Å². The summed E-state index contributed by atoms with van der Waals surface area (Å²) in [6.07, 6.45) is 4.03. The van der Waals surface area contributed by atoms with Crippen molar-refractivity contribution in [3.63, 3.8) is 0 Å². The van der Waals surface area contributed by atoms with Crippen LogP contribution in [0.5, 0.6) is 0 Å². The Hall–Kier alpha value is -3.35. The molecule has 3 heterocycles. The first-order valence-electron chi connectivity index (χ1n) is 12.6. The maximum Gasteiger partial charge on any atom is 0.205 e. The van der Waals surface area contributed by atoms with Crippen molar-refractivity contribution in [2.75, 3.05) is 18.0 Å². The van der Waals surface area contributed by atoms with Crippen LogP contribution in [0.3, 0.4) is 0 Å². The minimum atomic E-state index is -0.208. The Bertz CT molecular complexity index is 1240. The summed E-state index contributed by atoms with van der Waals surface area (Å²) in [4.78, 5) is 12.0. The van der Waals surface area contributed by atoms with Gasteiger partial charge in [0.25, 0.3) is 0 Å². The normalized spacial score (nSPS) is 14.4. The second-order valence-electron chi connectivity index (χ2n) is 10.5. The molecule has 0 radical (unpaired) electrons. The number of pyridine rings is 1. The van der Waals surface area contributed by atoms with E-state index in [1.807, 2.05) is 16.9 Å². The lowest BCUT2D eigenvalue weighted by Crippen LogP contribution is -2.27. The van der Waals surface area contributed by atoms with E-state index in [1.54, 1.807) is 0 Å². The van der Waals surface area contributed by atoms with Crippen LogP contribution >= 0.6 is 0 Å². The van der Waals surface area contributed by atoms with Crippen LogP contribution in [0.15, 0.2) is 40.6 Å². The lowest BCUT2D eigenvalue weighted by molar-refractivity contribution is 0.594. The van der Waals surface area contributed by atoms with Gasteiger partial charge in [-0.05, 0) is 56.9 Å². The fourth-order valence-corrected chi connectivity index (χ4v) is 4.71. The van der Waals surface area contributed by atoms with Crippen LogP contribution in [-0.4, -0.2) is 44.4 Å². The summed E-state index contributed by atoms with van der Waals surface area (Å²) in [6, 6.07) is 8.44. The second-order valence-corrected chi connectivity index (χ2v) is 10.5. The number of fused-ring (bicyclic) bond motifs is 1. The molecule has 35 heavy (non-hydrogen) atoms. The number of rotatable bonds is 7. The zero-order valence-corrected chi connectivity index (χ0v) is 22.3. The average Bonchev–Trinajstić information content (AvgIpc) is 3.34. The third kappa shape index (κ3) is 4.90. The van der Waals surface area contributed by atoms with E-state index in [-0.39, 0.29) is 5.41 Å². The van der Waals surface area contributed by atoms with Crippen LogP contribution in [0.25, 0.3) is 11.4 Å². The van der Waals surface area contributed by atoms with Crippen LogP contribution in [0.4, 0.5) is 11.5 Å². The SMILES string of the molecule is CCCN(CCC)c1ccc(N=C2C(C(C)(C)C)=Nn3c2nnc3-c2c(C)cc(C)cc2C)cn1. The molecule has 7 nitrogen and oxygen atoms in total. The highest BCUT2D eigenvalue weighted by atomic mass is 15.5. The summed E-state index contributed by atoms with van der Waals surface area (Å²) in [6.45, 7) is 19.2. The number of nitrogens with zero attached hydrogens (tertiary/aromatic N) is 7. The van der Waals surface area contributed by atoms with Gasteiger partial charge in [-0.15, -0.1) is 10.2 Å². The van der Waals surface area contributed by atoms with Crippen molar-refractivity contribution in [2.24, 2.45) is 15.5 Å². The quantitative estimate of drug-likeness (QED) is 0.407. The Morgan fingerprint density at radius 2 is 1.54 bits per heavy atom. The zero-order chi connectivity index (χ0) is 25.3. The van der Waals surface area contributed by atoms with Crippen molar-refractivity contribution < 1.29 is 0 Å². The van der Waals surface area contributed by atoms with Crippen molar-refractivity contribution in [2.45, 2.75) is 68.2 Å². The van der Waals surface area contributed by atoms with Crippen molar-refractivity contribution in [3.8, 4) is 11.4 Å². The Kier molecular flexibility index (Phi) is 6.88. The van der Waals surface area contributed by atoms with E-state index in [2.05, 4.69) is 88.7 Å². The van der Waals surface area contributed by atoms with Gasteiger partial charge < -0.3 is 4.90 Å². The molecule has 2 aromatic heterocycles. The molecule has 0 fully saturated rings. The third-order valence-corrected chi connectivity index (χ3v) is 6.17. The molecule has 184 valence electrons. The largest absolute Gasteiger partial charge is 0.357 e. The lowest BCUT2D eigenvalue weighted by Gasteiger charge is -2.22. The highest BCUT2D eigenvalue weighted by Gasteiger charge is 2.36. The molecule has 0 unspecified atom stereocenters. The minimum absolute atomic E-state index is 0.208. The fourth-order valence-electron chi connectivity index (χ4n) is 4.71. The summed E-state index contributed by atoms with van der Waals surface area (Å²) in [5.41, 5.74) is 6.87. The molecule has 0 amide bonds. The molecule has 0 atom stereocenters. The van der Waals surface area contributed by atoms with Gasteiger partial charge in [0.05, 0.1) is 17.6 Å². The number of aromatic nitrogens is 4. The Labute approximate surface area is 209 Å². The molecule has 0 saturated carbocycles. The highest BCUT2D eigenvalue weighted by molar-refractivity contribution is 6.50. The van der Waals surface area contributed by atoms with Gasteiger partial charge >= 0.3 is 0 Å².